The monoisotopic (exact) mass is 460 g/mol. The van der Waals surface area contributed by atoms with Crippen molar-refractivity contribution in [3.05, 3.63) is 59.9 Å². The van der Waals surface area contributed by atoms with Gasteiger partial charge in [0.05, 0.1) is 6.67 Å². The Kier molecular flexibility index (Phi) is 6.85. The van der Waals surface area contributed by atoms with E-state index in [4.69, 9.17) is 0 Å². The summed E-state index contributed by atoms with van der Waals surface area (Å²) < 4.78 is 0. The van der Waals surface area contributed by atoms with Crippen LogP contribution in [-0.4, -0.2) is 58.9 Å². The van der Waals surface area contributed by atoms with Gasteiger partial charge in [-0.3, -0.25) is 29.7 Å². The maximum atomic E-state index is 14.1. The van der Waals surface area contributed by atoms with E-state index in [2.05, 4.69) is 37.3 Å². The number of pyridine rings is 1. The third-order valence-corrected chi connectivity index (χ3v) is 6.58. The van der Waals surface area contributed by atoms with Crippen molar-refractivity contribution in [2.24, 2.45) is 0 Å². The van der Waals surface area contributed by atoms with E-state index in [9.17, 15) is 14.9 Å². The first-order chi connectivity index (χ1) is 16.3. The van der Waals surface area contributed by atoms with Crippen LogP contribution in [0.2, 0.25) is 0 Å². The number of nitrogens with zero attached hydrogens (tertiary/aromatic N) is 5. The van der Waals surface area contributed by atoms with E-state index in [1.54, 1.807) is 28.3 Å². The average Bonchev–Trinajstić information content (AvgIpc) is 3.54. The molecular weight excluding hydrogens is 428 g/mol. The zero-order chi connectivity index (χ0) is 24.3. The molecule has 8 heteroatoms. The molecule has 1 aromatic heterocycles. The Morgan fingerprint density at radius 1 is 1.21 bits per heavy atom. The second-order valence-electron chi connectivity index (χ2n) is 9.91. The number of benzene rings is 1. The summed E-state index contributed by atoms with van der Waals surface area (Å²) in [4.78, 5) is 37.0. The first-order valence-electron chi connectivity index (χ1n) is 11.8. The minimum atomic E-state index is -0.872. The molecule has 2 atom stereocenters. The van der Waals surface area contributed by atoms with E-state index in [0.29, 0.717) is 44.0 Å². The zero-order valence-electron chi connectivity index (χ0n) is 20.1. The van der Waals surface area contributed by atoms with Gasteiger partial charge in [0.1, 0.15) is 12.1 Å². The molecule has 0 radical (unpaired) electrons. The van der Waals surface area contributed by atoms with E-state index in [0.717, 1.165) is 12.0 Å². The number of rotatable bonds is 5. The van der Waals surface area contributed by atoms with Crippen LogP contribution in [0.1, 0.15) is 50.8 Å². The Morgan fingerprint density at radius 3 is 2.56 bits per heavy atom. The van der Waals surface area contributed by atoms with Crippen molar-refractivity contribution in [1.29, 1.82) is 5.26 Å². The summed E-state index contributed by atoms with van der Waals surface area (Å²) >= 11 is 0. The minimum Gasteiger partial charge on any atom is -0.327 e. The molecule has 1 N–H and O–H groups in total. The van der Waals surface area contributed by atoms with Crippen LogP contribution in [0, 0.1) is 11.5 Å². The highest BCUT2D eigenvalue weighted by Gasteiger charge is 2.41. The first kappa shape index (κ1) is 23.7. The molecule has 0 spiro atoms. The van der Waals surface area contributed by atoms with E-state index >= 15 is 0 Å². The molecule has 2 saturated heterocycles. The lowest BCUT2D eigenvalue weighted by molar-refractivity contribution is -0.134. The number of aromatic nitrogens is 1. The smallest absolute Gasteiger partial charge is 0.251 e. The van der Waals surface area contributed by atoms with E-state index in [-0.39, 0.29) is 17.2 Å². The number of hydrogen-bond acceptors (Lipinski definition) is 6. The van der Waals surface area contributed by atoms with Crippen molar-refractivity contribution in [2.75, 3.05) is 31.2 Å². The lowest BCUT2D eigenvalue weighted by Gasteiger charge is -2.36. The lowest BCUT2D eigenvalue weighted by atomic mass is 9.87. The Bertz CT molecular complexity index is 1050. The average molecular weight is 461 g/mol. The van der Waals surface area contributed by atoms with Gasteiger partial charge in [0.2, 0.25) is 0 Å². The Labute approximate surface area is 201 Å². The Balaban J connectivity index is 1.82. The van der Waals surface area contributed by atoms with E-state index < -0.39 is 12.1 Å². The molecule has 0 saturated carbocycles. The number of carbonyl (C=O) groups excluding carboxylic acids is 2. The normalized spacial score (nSPS) is 19.1. The summed E-state index contributed by atoms with van der Waals surface area (Å²) in [5.41, 5.74) is 2.37. The van der Waals surface area contributed by atoms with Gasteiger partial charge in [-0.15, -0.1) is 0 Å². The molecule has 2 fully saturated rings. The molecule has 3 heterocycles. The van der Waals surface area contributed by atoms with Crippen LogP contribution in [0.5, 0.6) is 0 Å². The van der Waals surface area contributed by atoms with E-state index in [1.807, 2.05) is 30.3 Å². The topological polar surface area (TPSA) is 92.6 Å². The molecule has 0 aliphatic carbocycles. The summed E-state index contributed by atoms with van der Waals surface area (Å²) in [6, 6.07) is 9.98. The van der Waals surface area contributed by atoms with Crippen LogP contribution in [-0.2, 0) is 15.0 Å². The summed E-state index contributed by atoms with van der Waals surface area (Å²) in [5.74, 6) is -0.398. The van der Waals surface area contributed by atoms with Crippen LogP contribution in [0.4, 0.5) is 5.69 Å². The maximum absolute atomic E-state index is 14.1. The molecule has 0 bridgehead atoms. The van der Waals surface area contributed by atoms with Gasteiger partial charge in [0.15, 0.2) is 6.19 Å². The SMILES string of the molecule is CC(C)(C)c1ccc(N(C(=O)[C@H]2CCCN2C#N)C(C(=O)N2CCNC2)c2cccnc2)cc1. The highest BCUT2D eigenvalue weighted by molar-refractivity contribution is 6.04. The number of nitrogens with one attached hydrogen (secondary N) is 1. The fourth-order valence-corrected chi connectivity index (χ4v) is 4.64. The third kappa shape index (κ3) is 4.75. The van der Waals surface area contributed by atoms with Crippen LogP contribution in [0.25, 0.3) is 0 Å². The van der Waals surface area contributed by atoms with Gasteiger partial charge in [-0.1, -0.05) is 39.0 Å². The number of likely N-dealkylation sites (tertiary alicyclic amines) is 1. The van der Waals surface area contributed by atoms with Crippen LogP contribution in [0.15, 0.2) is 48.8 Å². The summed E-state index contributed by atoms with van der Waals surface area (Å²) in [6.07, 6.45) is 6.81. The molecule has 4 rings (SSSR count). The molecule has 8 nitrogen and oxygen atoms in total. The number of carbonyl (C=O) groups is 2. The molecule has 2 aliphatic rings. The number of nitriles is 1. The second kappa shape index (κ2) is 9.82. The highest BCUT2D eigenvalue weighted by atomic mass is 16.2. The molecule has 2 aliphatic heterocycles. The quantitative estimate of drug-likeness (QED) is 0.690. The Hall–Kier alpha value is -3.44. The van der Waals surface area contributed by atoms with Crippen LogP contribution < -0.4 is 10.2 Å². The number of anilines is 1. The second-order valence-corrected chi connectivity index (χ2v) is 9.91. The van der Waals surface area contributed by atoms with Crippen molar-refractivity contribution >= 4 is 17.5 Å². The maximum Gasteiger partial charge on any atom is 0.251 e. The van der Waals surface area contributed by atoms with Crippen molar-refractivity contribution in [3.63, 3.8) is 0 Å². The molecule has 34 heavy (non-hydrogen) atoms. The molecule has 1 unspecified atom stereocenters. The zero-order valence-corrected chi connectivity index (χ0v) is 20.1. The molecular formula is C26H32N6O2. The molecule has 1 aromatic carbocycles. The van der Waals surface area contributed by atoms with Crippen molar-refractivity contribution < 1.29 is 9.59 Å². The van der Waals surface area contributed by atoms with E-state index in [1.165, 1.54) is 4.90 Å². The fourth-order valence-electron chi connectivity index (χ4n) is 4.64. The van der Waals surface area contributed by atoms with Gasteiger partial charge in [-0.2, -0.15) is 5.26 Å². The third-order valence-electron chi connectivity index (χ3n) is 6.58. The van der Waals surface area contributed by atoms with Gasteiger partial charge >= 0.3 is 0 Å². The summed E-state index contributed by atoms with van der Waals surface area (Å²) in [7, 11) is 0. The molecule has 178 valence electrons. The van der Waals surface area contributed by atoms with Gasteiger partial charge < -0.3 is 4.90 Å². The van der Waals surface area contributed by atoms with Crippen LogP contribution in [0.3, 0.4) is 0 Å². The van der Waals surface area contributed by atoms with Crippen molar-refractivity contribution in [3.8, 4) is 6.19 Å². The number of amides is 2. The Morgan fingerprint density at radius 2 is 1.97 bits per heavy atom. The first-order valence-corrected chi connectivity index (χ1v) is 11.8. The summed E-state index contributed by atoms with van der Waals surface area (Å²) in [6.45, 7) is 8.68. The van der Waals surface area contributed by atoms with Gasteiger partial charge in [0, 0.05) is 43.3 Å². The lowest BCUT2D eigenvalue weighted by Crippen LogP contribution is -2.50. The predicted molar refractivity (Wildman–Crippen MR) is 130 cm³/mol. The highest BCUT2D eigenvalue weighted by Crippen LogP contribution is 2.34. The minimum absolute atomic E-state index is 0.0454. The fraction of sp³-hybridized carbons (Fsp3) is 0.462. The van der Waals surface area contributed by atoms with Gasteiger partial charge in [-0.25, -0.2) is 0 Å². The largest absolute Gasteiger partial charge is 0.327 e. The van der Waals surface area contributed by atoms with Crippen molar-refractivity contribution in [2.45, 2.75) is 51.1 Å². The van der Waals surface area contributed by atoms with Crippen LogP contribution >= 0.6 is 0 Å². The van der Waals surface area contributed by atoms with Gasteiger partial charge in [-0.05, 0) is 42.0 Å². The van der Waals surface area contributed by atoms with Crippen molar-refractivity contribution in [1.82, 2.24) is 20.1 Å². The standard InChI is InChI=1S/C26H32N6O2/c1-26(2,3)20-8-10-21(11-9-20)32(24(33)22-7-5-14-30(22)17-27)23(19-6-4-12-28-16-19)25(34)31-15-13-29-18-31/h4,6,8-12,16,22-23,29H,5,7,13-15,18H2,1-3H3/t22-,23?/m1/s1. The molecule has 2 aromatic rings. The predicted octanol–water partition coefficient (Wildman–Crippen LogP) is 2.79. The number of hydrogen-bond donors (Lipinski definition) is 1. The molecule has 2 amide bonds. The van der Waals surface area contributed by atoms with Gasteiger partial charge in [0.25, 0.3) is 11.8 Å². The summed E-state index contributed by atoms with van der Waals surface area (Å²) in [5, 5.41) is 12.8.